The predicted octanol–water partition coefficient (Wildman–Crippen LogP) is 4.47. The number of rotatable bonds is 2. The molecule has 92 valence electrons. The smallest absolute Gasteiger partial charge is 0.177 e. The molecular weight excluding hydrogens is 312 g/mol. The number of hydrogen-bond acceptors (Lipinski definition) is 1. The van der Waals surface area contributed by atoms with E-state index in [9.17, 15) is 4.79 Å². The largest absolute Gasteiger partial charge is 0.293 e. The van der Waals surface area contributed by atoms with E-state index in [1.54, 1.807) is 12.1 Å². The van der Waals surface area contributed by atoms with Crippen molar-refractivity contribution in [3.8, 4) is 0 Å². The summed E-state index contributed by atoms with van der Waals surface area (Å²) in [6, 6.07) is 13.7. The van der Waals surface area contributed by atoms with Crippen LogP contribution in [-0.4, -0.2) is 11.7 Å². The maximum Gasteiger partial charge on any atom is 0.177 e. The molecule has 0 N–H and O–H groups in total. The van der Waals surface area contributed by atoms with Crippen LogP contribution in [0.25, 0.3) is 0 Å². The number of carbonyl (C=O) groups excluding carboxylic acids is 1. The van der Waals surface area contributed by atoms with Crippen LogP contribution in [0.1, 0.15) is 15.9 Å². The Hall–Kier alpha value is -1.12. The van der Waals surface area contributed by atoms with Crippen molar-refractivity contribution in [2.45, 2.75) is 6.92 Å². The van der Waals surface area contributed by atoms with Gasteiger partial charge in [-0.05, 0) is 23.4 Å². The molecular formula is C15H12BrClO. The van der Waals surface area contributed by atoms with Gasteiger partial charge < -0.3 is 0 Å². The lowest BCUT2D eigenvalue weighted by molar-refractivity contribution is 0.102. The minimum Gasteiger partial charge on any atom is -0.293 e. The number of alkyl halides is 1. The molecule has 3 heteroatoms. The standard InChI is InChI=1S/C9H9ClO.C6H3Br/c1-7-2-4-8(5-3-7)9(11)6-10;7-6-3-4-1-2-5(4)6/h2-5H,6H2,1H3;1-3H. The van der Waals surface area contributed by atoms with Crippen LogP contribution < -0.4 is 0 Å². The lowest BCUT2D eigenvalue weighted by Gasteiger charge is -2.02. The SMILES string of the molecule is Brc1cc2ccc1=2.Cc1ccc(C(=O)CCl)cc1. The van der Waals surface area contributed by atoms with Crippen LogP contribution in [0, 0.1) is 17.4 Å². The highest BCUT2D eigenvalue weighted by Gasteiger charge is 2.01. The third kappa shape index (κ3) is 2.82. The number of ketones is 1. The first-order chi connectivity index (χ1) is 8.61. The number of benzene rings is 2. The molecule has 0 saturated carbocycles. The lowest BCUT2D eigenvalue weighted by Crippen LogP contribution is -1.99. The van der Waals surface area contributed by atoms with Gasteiger partial charge in [0.15, 0.2) is 5.78 Å². The quantitative estimate of drug-likeness (QED) is 0.502. The van der Waals surface area contributed by atoms with Gasteiger partial charge in [-0.3, -0.25) is 4.79 Å². The summed E-state index contributed by atoms with van der Waals surface area (Å²) < 4.78 is 1.25. The average molecular weight is 324 g/mol. The summed E-state index contributed by atoms with van der Waals surface area (Å²) in [7, 11) is 0. The Labute approximate surface area is 119 Å². The second-order valence-corrected chi connectivity index (χ2v) is 5.24. The predicted molar refractivity (Wildman–Crippen MR) is 78.0 cm³/mol. The molecule has 0 fully saturated rings. The summed E-state index contributed by atoms with van der Waals surface area (Å²) in [4.78, 5) is 11.0. The summed E-state index contributed by atoms with van der Waals surface area (Å²) in [6.45, 7) is 1.98. The normalized spacial score (nSPS) is 10.4. The molecule has 0 atom stereocenters. The van der Waals surface area contributed by atoms with Crippen molar-refractivity contribution in [2.24, 2.45) is 0 Å². The van der Waals surface area contributed by atoms with Crippen LogP contribution in [0.4, 0.5) is 0 Å². The monoisotopic (exact) mass is 322 g/mol. The zero-order valence-corrected chi connectivity index (χ0v) is 12.3. The average Bonchev–Trinajstić information content (AvgIpc) is 2.36. The highest BCUT2D eigenvalue weighted by molar-refractivity contribution is 9.10. The van der Waals surface area contributed by atoms with E-state index in [0.717, 1.165) is 5.56 Å². The second-order valence-electron chi connectivity index (χ2n) is 4.12. The molecule has 0 spiro atoms. The van der Waals surface area contributed by atoms with Crippen molar-refractivity contribution in [1.82, 2.24) is 0 Å². The van der Waals surface area contributed by atoms with Crippen molar-refractivity contribution in [3.05, 3.63) is 68.5 Å². The highest BCUT2D eigenvalue weighted by Crippen LogP contribution is 2.20. The third-order valence-corrected chi connectivity index (χ3v) is 3.67. The van der Waals surface area contributed by atoms with Gasteiger partial charge in [0.1, 0.15) is 0 Å². The van der Waals surface area contributed by atoms with E-state index in [1.807, 2.05) is 19.1 Å². The molecule has 3 rings (SSSR count). The molecule has 1 aromatic carbocycles. The van der Waals surface area contributed by atoms with Gasteiger partial charge in [0.2, 0.25) is 0 Å². The first-order valence-corrected chi connectivity index (χ1v) is 6.90. The Morgan fingerprint density at radius 3 is 2.11 bits per heavy atom. The third-order valence-electron chi connectivity index (χ3n) is 2.78. The van der Waals surface area contributed by atoms with Gasteiger partial charge in [-0.1, -0.05) is 57.9 Å². The maximum atomic E-state index is 11.0. The minimum atomic E-state index is -0.0216. The summed E-state index contributed by atoms with van der Waals surface area (Å²) in [5, 5.41) is 2.78. The topological polar surface area (TPSA) is 17.1 Å². The Morgan fingerprint density at radius 2 is 1.83 bits per heavy atom. The molecule has 0 saturated heterocycles. The number of hydrogen-bond donors (Lipinski definition) is 0. The molecule has 1 aromatic rings. The van der Waals surface area contributed by atoms with Crippen molar-refractivity contribution >= 4 is 33.3 Å². The van der Waals surface area contributed by atoms with E-state index in [2.05, 4.69) is 34.1 Å². The van der Waals surface area contributed by atoms with Crippen LogP contribution in [0.3, 0.4) is 0 Å². The fraction of sp³-hybridized carbons (Fsp3) is 0.133. The molecule has 0 unspecified atom stereocenters. The first kappa shape index (κ1) is 13.3. The highest BCUT2D eigenvalue weighted by atomic mass is 79.9. The van der Waals surface area contributed by atoms with E-state index >= 15 is 0 Å². The first-order valence-electron chi connectivity index (χ1n) is 5.57. The molecule has 0 radical (unpaired) electrons. The number of halogens is 2. The van der Waals surface area contributed by atoms with Gasteiger partial charge >= 0.3 is 0 Å². The maximum absolute atomic E-state index is 11.0. The van der Waals surface area contributed by atoms with Crippen LogP contribution in [0.2, 0.25) is 0 Å². The lowest BCUT2D eigenvalue weighted by atomic mass is 10.1. The van der Waals surface area contributed by atoms with E-state index in [4.69, 9.17) is 11.6 Å². The van der Waals surface area contributed by atoms with Crippen LogP contribution in [-0.2, 0) is 0 Å². The van der Waals surface area contributed by atoms with Gasteiger partial charge in [0, 0.05) is 10.0 Å². The van der Waals surface area contributed by atoms with E-state index < -0.39 is 0 Å². The summed E-state index contributed by atoms with van der Waals surface area (Å²) in [5.74, 6) is 0.0370. The summed E-state index contributed by atoms with van der Waals surface area (Å²) in [6.07, 6.45) is 0. The van der Waals surface area contributed by atoms with Crippen LogP contribution in [0.5, 0.6) is 0 Å². The van der Waals surface area contributed by atoms with E-state index in [0.29, 0.717) is 5.56 Å². The number of aryl methyl sites for hydroxylation is 1. The molecule has 0 aromatic heterocycles. The molecule has 0 aliphatic heterocycles. The number of Topliss-reactive ketones (excluding diaryl/α,β-unsaturated/α-hetero) is 1. The Kier molecular flexibility index (Phi) is 4.20. The van der Waals surface area contributed by atoms with E-state index in [1.165, 1.54) is 14.9 Å². The van der Waals surface area contributed by atoms with Crippen molar-refractivity contribution < 1.29 is 4.79 Å². The molecule has 0 amide bonds. The molecule has 2 aliphatic rings. The Balaban J connectivity index is 0.000000146. The summed E-state index contributed by atoms with van der Waals surface area (Å²) >= 11 is 8.75. The van der Waals surface area contributed by atoms with Crippen molar-refractivity contribution in [2.75, 3.05) is 5.88 Å². The molecule has 0 heterocycles. The number of carbonyl (C=O) groups is 1. The van der Waals surface area contributed by atoms with Gasteiger partial charge in [-0.25, -0.2) is 0 Å². The van der Waals surface area contributed by atoms with Gasteiger partial charge in [0.25, 0.3) is 0 Å². The Morgan fingerprint density at radius 1 is 1.17 bits per heavy atom. The fourth-order valence-corrected chi connectivity index (χ4v) is 2.32. The van der Waals surface area contributed by atoms with Crippen molar-refractivity contribution in [1.29, 1.82) is 0 Å². The van der Waals surface area contributed by atoms with Crippen LogP contribution in [0.15, 0.2) is 46.9 Å². The Bertz CT molecular complexity index is 662. The zero-order chi connectivity index (χ0) is 13.1. The van der Waals surface area contributed by atoms with Gasteiger partial charge in [-0.2, -0.15) is 0 Å². The molecule has 18 heavy (non-hydrogen) atoms. The minimum absolute atomic E-state index is 0.0216. The molecule has 1 nitrogen and oxygen atoms in total. The fourth-order valence-electron chi connectivity index (χ4n) is 1.56. The molecule has 2 aliphatic carbocycles. The van der Waals surface area contributed by atoms with Crippen molar-refractivity contribution in [3.63, 3.8) is 0 Å². The second kappa shape index (κ2) is 5.68. The molecule has 0 bridgehead atoms. The van der Waals surface area contributed by atoms with Crippen LogP contribution >= 0.6 is 27.5 Å². The summed E-state index contributed by atoms with van der Waals surface area (Å²) in [5.41, 5.74) is 1.83. The van der Waals surface area contributed by atoms with E-state index in [-0.39, 0.29) is 11.7 Å². The van der Waals surface area contributed by atoms with Gasteiger partial charge in [-0.15, -0.1) is 11.6 Å². The van der Waals surface area contributed by atoms with Gasteiger partial charge in [0.05, 0.1) is 5.88 Å². The zero-order valence-electron chi connectivity index (χ0n) is 9.91.